The molecule has 2 bridgehead atoms. The van der Waals surface area contributed by atoms with Crippen molar-refractivity contribution in [2.75, 3.05) is 20.1 Å². The Morgan fingerprint density at radius 2 is 1.82 bits per heavy atom. The van der Waals surface area contributed by atoms with Gasteiger partial charge in [-0.15, -0.1) is 0 Å². The van der Waals surface area contributed by atoms with Crippen molar-refractivity contribution in [2.24, 2.45) is 28.7 Å². The van der Waals surface area contributed by atoms with Gasteiger partial charge in [0.25, 0.3) is 0 Å². The van der Waals surface area contributed by atoms with Gasteiger partial charge in [-0.05, 0) is 36.5 Å². The van der Waals surface area contributed by atoms with Gasteiger partial charge in [-0.2, -0.15) is 0 Å². The third kappa shape index (κ3) is 3.16. The number of hydrogen-bond donors (Lipinski definition) is 2. The van der Waals surface area contributed by atoms with E-state index in [1.54, 1.807) is 7.05 Å². The lowest BCUT2D eigenvalue weighted by Crippen LogP contribution is -2.43. The van der Waals surface area contributed by atoms with Gasteiger partial charge in [-0.25, -0.2) is 8.78 Å². The molecule has 3 aliphatic rings. The first kappa shape index (κ1) is 18.6. The minimum atomic E-state index is -0.513. The second-order valence-corrected chi connectivity index (χ2v) is 7.42. The maximum atomic E-state index is 13.7. The highest BCUT2D eigenvalue weighted by molar-refractivity contribution is 6.06. The number of likely N-dealkylation sites (tertiary alicyclic amines) is 1. The molecule has 1 saturated carbocycles. The highest BCUT2D eigenvalue weighted by atomic mass is 19.1. The number of halogens is 2. The highest BCUT2D eigenvalue weighted by Crippen LogP contribution is 2.52. The summed E-state index contributed by atoms with van der Waals surface area (Å²) in [6.07, 6.45) is 5.04. The van der Waals surface area contributed by atoms with Gasteiger partial charge < -0.3 is 10.6 Å². The Bertz CT molecular complexity index is 840. The molecule has 2 N–H and O–H groups in total. The van der Waals surface area contributed by atoms with Gasteiger partial charge in [-0.3, -0.25) is 19.5 Å². The molecule has 0 radical (unpaired) electrons. The average molecular weight is 388 g/mol. The van der Waals surface area contributed by atoms with E-state index in [2.05, 4.69) is 27.8 Å². The van der Waals surface area contributed by atoms with Gasteiger partial charge in [0, 0.05) is 32.2 Å². The van der Waals surface area contributed by atoms with Gasteiger partial charge in [0.05, 0.1) is 11.8 Å². The van der Waals surface area contributed by atoms with Crippen molar-refractivity contribution in [1.29, 1.82) is 0 Å². The molecule has 148 valence electrons. The summed E-state index contributed by atoms with van der Waals surface area (Å²) in [7, 11) is 1.55. The van der Waals surface area contributed by atoms with Gasteiger partial charge in [0.15, 0.2) is 5.96 Å². The van der Waals surface area contributed by atoms with Gasteiger partial charge in [0.2, 0.25) is 11.8 Å². The van der Waals surface area contributed by atoms with Crippen LogP contribution in [0.25, 0.3) is 0 Å². The SMILES string of the molecule is CN=C(NCCN1C(=O)C2C3C=CC(C3)C2C1=O)NCc1cc(F)ccc1F. The van der Waals surface area contributed by atoms with Crippen molar-refractivity contribution >= 4 is 17.8 Å². The summed E-state index contributed by atoms with van der Waals surface area (Å²) in [5.74, 6) is -0.818. The van der Waals surface area contributed by atoms with Crippen LogP contribution >= 0.6 is 0 Å². The molecular weight excluding hydrogens is 366 g/mol. The summed E-state index contributed by atoms with van der Waals surface area (Å²) >= 11 is 0. The molecule has 2 aliphatic carbocycles. The maximum Gasteiger partial charge on any atom is 0.233 e. The van der Waals surface area contributed by atoms with E-state index in [0.717, 1.165) is 24.6 Å². The number of nitrogens with zero attached hydrogens (tertiary/aromatic N) is 2. The number of benzene rings is 1. The Morgan fingerprint density at radius 3 is 2.46 bits per heavy atom. The van der Waals surface area contributed by atoms with E-state index >= 15 is 0 Å². The molecule has 1 aromatic rings. The number of carbonyl (C=O) groups is 2. The first-order chi connectivity index (χ1) is 13.5. The van der Waals surface area contributed by atoms with Gasteiger partial charge in [0.1, 0.15) is 11.6 Å². The topological polar surface area (TPSA) is 73.8 Å². The van der Waals surface area contributed by atoms with Crippen molar-refractivity contribution in [3.05, 3.63) is 47.5 Å². The smallest absolute Gasteiger partial charge is 0.233 e. The van der Waals surface area contributed by atoms with Crippen LogP contribution in [0, 0.1) is 35.3 Å². The van der Waals surface area contributed by atoms with Crippen molar-refractivity contribution in [3.8, 4) is 0 Å². The number of amides is 2. The Labute approximate surface area is 161 Å². The predicted molar refractivity (Wildman–Crippen MR) is 99.0 cm³/mol. The lowest BCUT2D eigenvalue weighted by molar-refractivity contribution is -0.140. The van der Waals surface area contributed by atoms with Crippen LogP contribution in [0.1, 0.15) is 12.0 Å². The number of fused-ring (bicyclic) bond motifs is 5. The van der Waals surface area contributed by atoms with E-state index in [9.17, 15) is 18.4 Å². The summed E-state index contributed by atoms with van der Waals surface area (Å²) in [6, 6.07) is 3.26. The molecule has 8 heteroatoms. The van der Waals surface area contributed by atoms with Crippen molar-refractivity contribution in [2.45, 2.75) is 13.0 Å². The lowest BCUT2D eigenvalue weighted by Gasteiger charge is -2.18. The van der Waals surface area contributed by atoms with Crippen LogP contribution < -0.4 is 10.6 Å². The first-order valence-electron chi connectivity index (χ1n) is 9.41. The van der Waals surface area contributed by atoms with Crippen LogP contribution in [0.5, 0.6) is 0 Å². The zero-order valence-corrected chi connectivity index (χ0v) is 15.5. The highest BCUT2D eigenvalue weighted by Gasteiger charge is 2.58. The average Bonchev–Trinajstić information content (AvgIpc) is 3.36. The van der Waals surface area contributed by atoms with Gasteiger partial charge >= 0.3 is 0 Å². The zero-order chi connectivity index (χ0) is 19.8. The van der Waals surface area contributed by atoms with Crippen LogP contribution in [0.4, 0.5) is 8.78 Å². The first-order valence-corrected chi connectivity index (χ1v) is 9.41. The number of imide groups is 1. The zero-order valence-electron chi connectivity index (χ0n) is 15.5. The van der Waals surface area contributed by atoms with Crippen LogP contribution in [0.3, 0.4) is 0 Å². The number of carbonyl (C=O) groups excluding carboxylic acids is 2. The second kappa shape index (κ2) is 7.33. The minimum Gasteiger partial charge on any atom is -0.355 e. The monoisotopic (exact) mass is 388 g/mol. The molecular formula is C20H22F2N4O2. The Morgan fingerprint density at radius 1 is 1.14 bits per heavy atom. The third-order valence-electron chi connectivity index (χ3n) is 5.87. The van der Waals surface area contributed by atoms with Crippen LogP contribution in [-0.2, 0) is 16.1 Å². The van der Waals surface area contributed by atoms with Crippen molar-refractivity contribution < 1.29 is 18.4 Å². The quantitative estimate of drug-likeness (QED) is 0.347. The molecule has 1 heterocycles. The van der Waals surface area contributed by atoms with Crippen LogP contribution in [0.2, 0.25) is 0 Å². The molecule has 1 aliphatic heterocycles. The van der Waals surface area contributed by atoms with E-state index in [1.807, 2.05) is 0 Å². The molecule has 4 atom stereocenters. The van der Waals surface area contributed by atoms with E-state index < -0.39 is 11.6 Å². The summed E-state index contributed by atoms with van der Waals surface area (Å²) in [4.78, 5) is 30.6. The molecule has 2 amide bonds. The molecule has 4 unspecified atom stereocenters. The molecule has 28 heavy (non-hydrogen) atoms. The van der Waals surface area contributed by atoms with Crippen LogP contribution in [-0.4, -0.2) is 42.8 Å². The fraction of sp³-hybridized carbons (Fsp3) is 0.450. The van der Waals surface area contributed by atoms with Gasteiger partial charge in [-0.1, -0.05) is 12.2 Å². The fourth-order valence-corrected chi connectivity index (χ4v) is 4.55. The largest absolute Gasteiger partial charge is 0.355 e. The number of allylic oxidation sites excluding steroid dienone is 2. The third-order valence-corrected chi connectivity index (χ3v) is 5.87. The minimum absolute atomic E-state index is 0.0595. The number of nitrogens with one attached hydrogen (secondary N) is 2. The Kier molecular flexibility index (Phi) is 4.87. The molecule has 1 saturated heterocycles. The fourth-order valence-electron chi connectivity index (χ4n) is 4.55. The summed E-state index contributed by atoms with van der Waals surface area (Å²) in [5, 5.41) is 5.91. The van der Waals surface area contributed by atoms with Crippen molar-refractivity contribution in [3.63, 3.8) is 0 Å². The number of guanidine groups is 1. The second-order valence-electron chi connectivity index (χ2n) is 7.42. The standard InChI is InChI=1S/C20H22F2N4O2/c1-23-20(25-10-13-9-14(21)4-5-15(13)22)24-6-7-26-18(27)16-11-2-3-12(8-11)17(16)19(26)28/h2-5,9,11-12,16-17H,6-8,10H2,1H3,(H2,23,24,25). The number of rotatable bonds is 5. The molecule has 2 fully saturated rings. The van der Waals surface area contributed by atoms with Crippen molar-refractivity contribution in [1.82, 2.24) is 15.5 Å². The molecule has 0 spiro atoms. The predicted octanol–water partition coefficient (Wildman–Crippen LogP) is 1.44. The van der Waals surface area contributed by atoms with E-state index in [4.69, 9.17) is 0 Å². The summed E-state index contributed by atoms with van der Waals surface area (Å²) in [6.45, 7) is 0.633. The number of aliphatic imine (C=N–C) groups is 1. The van der Waals surface area contributed by atoms with E-state index in [-0.39, 0.29) is 54.1 Å². The maximum absolute atomic E-state index is 13.7. The Balaban J connectivity index is 1.29. The van der Waals surface area contributed by atoms with E-state index in [0.29, 0.717) is 12.5 Å². The number of hydrogen-bond acceptors (Lipinski definition) is 3. The molecule has 0 aromatic heterocycles. The normalized spacial score (nSPS) is 28.2. The van der Waals surface area contributed by atoms with E-state index in [1.165, 1.54) is 4.90 Å². The summed E-state index contributed by atoms with van der Waals surface area (Å²) < 4.78 is 26.9. The molecule has 4 rings (SSSR count). The van der Waals surface area contributed by atoms with Crippen LogP contribution in [0.15, 0.2) is 35.3 Å². The molecule has 6 nitrogen and oxygen atoms in total. The molecule has 1 aromatic carbocycles. The summed E-state index contributed by atoms with van der Waals surface area (Å²) in [5.41, 5.74) is 0.184. The Hall–Kier alpha value is -2.77. The lowest BCUT2D eigenvalue weighted by atomic mass is 9.85.